The van der Waals surface area contributed by atoms with E-state index in [9.17, 15) is 28.1 Å². The maximum atomic E-state index is 12.7. The summed E-state index contributed by atoms with van der Waals surface area (Å²) in [6, 6.07) is 4.18. The van der Waals surface area contributed by atoms with Crippen molar-refractivity contribution in [3.8, 4) is 0 Å². The zero-order valence-electron chi connectivity index (χ0n) is 14.2. The normalized spacial score (nSPS) is 17.8. The average Bonchev–Trinajstić information content (AvgIpc) is 3.12. The van der Waals surface area contributed by atoms with E-state index < -0.39 is 28.8 Å². The first kappa shape index (κ1) is 18.8. The number of nitro groups is 1. The fourth-order valence-electron chi connectivity index (χ4n) is 3.00. The number of nitro benzene ring substituents is 1. The number of benzene rings is 1. The van der Waals surface area contributed by atoms with E-state index in [1.807, 2.05) is 0 Å². The van der Waals surface area contributed by atoms with Crippen LogP contribution >= 0.6 is 0 Å². The highest BCUT2D eigenvalue weighted by Crippen LogP contribution is 2.32. The lowest BCUT2D eigenvalue weighted by atomic mass is 9.97. The van der Waals surface area contributed by atoms with Crippen LogP contribution in [0.15, 0.2) is 22.6 Å². The molecule has 0 spiro atoms. The van der Waals surface area contributed by atoms with E-state index in [1.54, 1.807) is 6.92 Å². The summed E-state index contributed by atoms with van der Waals surface area (Å²) in [6.45, 7) is 2.05. The van der Waals surface area contributed by atoms with Crippen molar-refractivity contribution in [1.82, 2.24) is 15.1 Å². The number of hydrogen-bond donors (Lipinski definition) is 0. The molecular weight excluding hydrogens is 369 g/mol. The van der Waals surface area contributed by atoms with Gasteiger partial charge in [-0.2, -0.15) is 13.2 Å². The minimum absolute atomic E-state index is 0.0972. The maximum Gasteiger partial charge on any atom is 0.470 e. The Morgan fingerprint density at radius 3 is 2.74 bits per heavy atom. The Balaban J connectivity index is 1.78. The third kappa shape index (κ3) is 3.91. The second kappa shape index (κ2) is 6.97. The van der Waals surface area contributed by atoms with Crippen molar-refractivity contribution in [3.63, 3.8) is 0 Å². The van der Waals surface area contributed by atoms with Gasteiger partial charge in [-0.05, 0) is 25.8 Å². The lowest BCUT2D eigenvalue weighted by molar-refractivity contribution is -0.385. The number of carbonyl (C=O) groups is 1. The Morgan fingerprint density at radius 2 is 2.11 bits per heavy atom. The molecule has 2 heterocycles. The summed E-state index contributed by atoms with van der Waals surface area (Å²) in [5.74, 6) is -2.55. The van der Waals surface area contributed by atoms with Gasteiger partial charge < -0.3 is 9.32 Å². The molecule has 0 aliphatic carbocycles. The van der Waals surface area contributed by atoms with Crippen LogP contribution in [0.25, 0.3) is 0 Å². The molecule has 1 fully saturated rings. The Morgan fingerprint density at radius 1 is 1.37 bits per heavy atom. The Labute approximate surface area is 151 Å². The van der Waals surface area contributed by atoms with Crippen molar-refractivity contribution in [2.24, 2.45) is 0 Å². The van der Waals surface area contributed by atoms with Crippen molar-refractivity contribution in [3.05, 3.63) is 51.2 Å². The highest BCUT2D eigenvalue weighted by Gasteiger charge is 2.39. The third-order valence-corrected chi connectivity index (χ3v) is 4.39. The molecule has 2 aromatic rings. The van der Waals surface area contributed by atoms with E-state index in [1.165, 1.54) is 23.1 Å². The van der Waals surface area contributed by atoms with Gasteiger partial charge >= 0.3 is 12.1 Å². The summed E-state index contributed by atoms with van der Waals surface area (Å²) >= 11 is 0. The van der Waals surface area contributed by atoms with Gasteiger partial charge in [-0.25, -0.2) is 0 Å². The fourth-order valence-corrected chi connectivity index (χ4v) is 3.00. The van der Waals surface area contributed by atoms with E-state index >= 15 is 0 Å². The van der Waals surface area contributed by atoms with Crippen LogP contribution in [0, 0.1) is 17.0 Å². The summed E-state index contributed by atoms with van der Waals surface area (Å²) in [5.41, 5.74) is 0.411. The van der Waals surface area contributed by atoms with Crippen LogP contribution in [0.3, 0.4) is 0 Å². The van der Waals surface area contributed by atoms with Gasteiger partial charge in [-0.3, -0.25) is 14.9 Å². The van der Waals surface area contributed by atoms with Gasteiger partial charge in [0.05, 0.1) is 10.8 Å². The second-order valence-corrected chi connectivity index (χ2v) is 6.29. The predicted molar refractivity (Wildman–Crippen MR) is 85.0 cm³/mol. The van der Waals surface area contributed by atoms with Crippen LogP contribution in [-0.4, -0.2) is 39.0 Å². The zero-order chi connectivity index (χ0) is 19.8. The molecule has 144 valence electrons. The number of halogens is 3. The van der Waals surface area contributed by atoms with Crippen molar-refractivity contribution < 1.29 is 27.3 Å². The number of aromatic nitrogens is 2. The van der Waals surface area contributed by atoms with Crippen molar-refractivity contribution in [1.29, 1.82) is 0 Å². The SMILES string of the molecule is Cc1ccc(C(=O)N2CCCC(c3nnc(C(F)(F)F)o3)C2)cc1[N+](=O)[O-]. The molecule has 1 unspecified atom stereocenters. The van der Waals surface area contributed by atoms with E-state index in [2.05, 4.69) is 10.2 Å². The van der Waals surface area contributed by atoms with Crippen LogP contribution in [0.2, 0.25) is 0 Å². The number of carbonyl (C=O) groups excluding carboxylic acids is 1. The van der Waals surface area contributed by atoms with Crippen LogP contribution < -0.4 is 0 Å². The van der Waals surface area contributed by atoms with Crippen LogP contribution in [0.5, 0.6) is 0 Å². The van der Waals surface area contributed by atoms with Gasteiger partial charge in [0.1, 0.15) is 0 Å². The standard InChI is InChI=1S/C16H15F3N4O4/c1-9-4-5-10(7-12(9)23(25)26)14(24)22-6-2-3-11(8-22)13-20-21-15(27-13)16(17,18)19/h4-5,7,11H,2-3,6,8H2,1H3. The van der Waals surface area contributed by atoms with Gasteiger partial charge in [-0.15, -0.1) is 10.2 Å². The van der Waals surface area contributed by atoms with Crippen LogP contribution in [0.1, 0.15) is 46.5 Å². The summed E-state index contributed by atoms with van der Waals surface area (Å²) in [4.78, 5) is 24.6. The molecule has 1 atom stereocenters. The van der Waals surface area contributed by atoms with Gasteiger partial charge in [-0.1, -0.05) is 6.07 Å². The molecule has 0 N–H and O–H groups in total. The Bertz CT molecular complexity index is 881. The van der Waals surface area contributed by atoms with Crippen LogP contribution in [-0.2, 0) is 6.18 Å². The minimum atomic E-state index is -4.73. The molecule has 1 saturated heterocycles. The Kier molecular flexibility index (Phi) is 4.85. The molecule has 0 bridgehead atoms. The first-order chi connectivity index (χ1) is 12.7. The maximum absolute atomic E-state index is 12.7. The molecular formula is C16H15F3N4O4. The second-order valence-electron chi connectivity index (χ2n) is 6.29. The molecule has 8 nitrogen and oxygen atoms in total. The monoisotopic (exact) mass is 384 g/mol. The third-order valence-electron chi connectivity index (χ3n) is 4.39. The summed E-state index contributed by atoms with van der Waals surface area (Å²) < 4.78 is 42.6. The van der Waals surface area contributed by atoms with Crippen molar-refractivity contribution in [2.45, 2.75) is 31.9 Å². The van der Waals surface area contributed by atoms with Crippen molar-refractivity contribution in [2.75, 3.05) is 13.1 Å². The molecule has 0 radical (unpaired) electrons. The number of aryl methyl sites for hydroxylation is 1. The largest absolute Gasteiger partial charge is 0.470 e. The quantitative estimate of drug-likeness (QED) is 0.594. The van der Waals surface area contributed by atoms with Gasteiger partial charge in [0.2, 0.25) is 5.89 Å². The van der Waals surface area contributed by atoms with E-state index in [-0.39, 0.29) is 23.7 Å². The van der Waals surface area contributed by atoms with Gasteiger partial charge in [0.15, 0.2) is 0 Å². The van der Waals surface area contributed by atoms with Gasteiger partial charge in [0, 0.05) is 30.3 Å². The number of amides is 1. The molecule has 11 heteroatoms. The smallest absolute Gasteiger partial charge is 0.417 e. The molecule has 3 rings (SSSR count). The van der Waals surface area contributed by atoms with E-state index in [0.29, 0.717) is 24.9 Å². The van der Waals surface area contributed by atoms with Crippen molar-refractivity contribution >= 4 is 11.6 Å². The molecule has 1 aromatic carbocycles. The van der Waals surface area contributed by atoms with E-state index in [0.717, 1.165) is 0 Å². The average molecular weight is 384 g/mol. The number of alkyl halides is 3. The molecule has 1 aliphatic rings. The number of hydrogen-bond acceptors (Lipinski definition) is 6. The summed E-state index contributed by atoms with van der Waals surface area (Å²) in [5, 5.41) is 17.5. The minimum Gasteiger partial charge on any atom is -0.417 e. The first-order valence-electron chi connectivity index (χ1n) is 8.11. The summed E-state index contributed by atoms with van der Waals surface area (Å²) in [6.07, 6.45) is -3.69. The number of nitrogens with zero attached hydrogens (tertiary/aromatic N) is 4. The Hall–Kier alpha value is -2.98. The lowest BCUT2D eigenvalue weighted by Crippen LogP contribution is -2.39. The van der Waals surface area contributed by atoms with E-state index in [4.69, 9.17) is 4.42 Å². The number of likely N-dealkylation sites (tertiary alicyclic amines) is 1. The topological polar surface area (TPSA) is 102 Å². The lowest BCUT2D eigenvalue weighted by Gasteiger charge is -2.31. The highest BCUT2D eigenvalue weighted by molar-refractivity contribution is 5.95. The van der Waals surface area contributed by atoms with Crippen LogP contribution in [0.4, 0.5) is 18.9 Å². The molecule has 27 heavy (non-hydrogen) atoms. The number of rotatable bonds is 3. The molecule has 1 amide bonds. The zero-order valence-corrected chi connectivity index (χ0v) is 14.2. The molecule has 1 aliphatic heterocycles. The highest BCUT2D eigenvalue weighted by atomic mass is 19.4. The fraction of sp³-hybridized carbons (Fsp3) is 0.438. The van der Waals surface area contributed by atoms with Gasteiger partial charge in [0.25, 0.3) is 11.6 Å². The summed E-state index contributed by atoms with van der Waals surface area (Å²) in [7, 11) is 0. The first-order valence-corrected chi connectivity index (χ1v) is 8.11. The predicted octanol–water partition coefficient (Wildman–Crippen LogP) is 3.32. The number of piperidine rings is 1. The molecule has 1 aromatic heterocycles. The molecule has 0 saturated carbocycles.